The van der Waals surface area contributed by atoms with Crippen LogP contribution in [0.3, 0.4) is 0 Å². The second kappa shape index (κ2) is 10.3. The normalized spacial score (nSPS) is 7.87. The predicted octanol–water partition coefficient (Wildman–Crippen LogP) is 0.923. The minimum Gasteiger partial charge on any atom is -0.460 e. The van der Waals surface area contributed by atoms with Crippen molar-refractivity contribution < 1.29 is 29.3 Å². The Morgan fingerprint density at radius 3 is 2.20 bits per heavy atom. The average molecular weight is 218 g/mol. The maximum Gasteiger partial charge on any atom is 0.510 e. The molecule has 0 fully saturated rings. The van der Waals surface area contributed by atoms with Crippen molar-refractivity contribution in [2.45, 2.75) is 6.92 Å². The summed E-state index contributed by atoms with van der Waals surface area (Å²) < 4.78 is 8.19. The zero-order valence-electron chi connectivity index (χ0n) is 8.43. The molecule has 0 radical (unpaired) electrons. The van der Waals surface area contributed by atoms with Crippen LogP contribution in [0.15, 0.2) is 25.0 Å². The Balaban J connectivity index is 0. The lowest BCUT2D eigenvalue weighted by Crippen LogP contribution is -2.08. The highest BCUT2D eigenvalue weighted by Crippen LogP contribution is 1.89. The number of esters is 1. The molecule has 0 bridgehead atoms. The molecule has 0 saturated heterocycles. The molecule has 6 nitrogen and oxygen atoms in total. The molecule has 0 aromatic rings. The molecule has 0 aliphatic carbocycles. The van der Waals surface area contributed by atoms with Crippen LogP contribution in [0.1, 0.15) is 6.92 Å². The molecule has 0 aliphatic rings. The van der Waals surface area contributed by atoms with Crippen LogP contribution in [-0.2, 0) is 14.3 Å². The van der Waals surface area contributed by atoms with Crippen LogP contribution in [0.5, 0.6) is 0 Å². The van der Waals surface area contributed by atoms with Gasteiger partial charge < -0.3 is 19.7 Å². The number of carbonyl (C=O) groups excluding carboxylic acids is 1. The molecular formula is C9H14O6. The topological polar surface area (TPSA) is 93.1 Å². The van der Waals surface area contributed by atoms with E-state index in [1.54, 1.807) is 6.92 Å². The van der Waals surface area contributed by atoms with E-state index in [2.05, 4.69) is 22.6 Å². The quantitative estimate of drug-likeness (QED) is 0.414. The maximum absolute atomic E-state index is 10.5. The summed E-state index contributed by atoms with van der Waals surface area (Å²) in [6.07, 6.45) is -0.479. The molecule has 15 heavy (non-hydrogen) atoms. The van der Waals surface area contributed by atoms with Crippen LogP contribution in [0.4, 0.5) is 4.79 Å². The summed E-state index contributed by atoms with van der Waals surface area (Å²) in [4.78, 5) is 19.8. The molecule has 0 aromatic carbocycles. The Morgan fingerprint density at radius 1 is 1.47 bits per heavy atom. The van der Waals surface area contributed by atoms with Gasteiger partial charge in [-0.05, 0) is 6.92 Å². The third-order valence-electron chi connectivity index (χ3n) is 0.857. The van der Waals surface area contributed by atoms with E-state index in [-0.39, 0.29) is 13.2 Å². The third kappa shape index (κ3) is 15.0. The fourth-order valence-corrected chi connectivity index (χ4v) is 0.333. The van der Waals surface area contributed by atoms with Gasteiger partial charge in [-0.15, -0.1) is 0 Å². The minimum atomic E-state index is -1.33. The van der Waals surface area contributed by atoms with E-state index >= 15 is 0 Å². The number of aliphatic hydroxyl groups excluding tert-OH is 1. The largest absolute Gasteiger partial charge is 0.510 e. The van der Waals surface area contributed by atoms with Crippen molar-refractivity contribution in [3.05, 3.63) is 25.0 Å². The Bertz CT molecular complexity index is 233. The molecule has 0 amide bonds. The van der Waals surface area contributed by atoms with Crippen LogP contribution in [-0.4, -0.2) is 35.6 Å². The summed E-state index contributed by atoms with van der Waals surface area (Å²) in [7, 11) is 0. The molecular weight excluding hydrogens is 204 g/mol. The van der Waals surface area contributed by atoms with Crippen molar-refractivity contribution >= 4 is 12.1 Å². The first-order chi connectivity index (χ1) is 6.95. The maximum atomic E-state index is 10.5. The number of rotatable bonds is 4. The molecule has 0 rings (SSSR count). The summed E-state index contributed by atoms with van der Waals surface area (Å²) in [5, 5.41) is 15.8. The molecule has 0 aliphatic heterocycles. The SMILES string of the molecule is C=C(C)C(=O)OCCO.C=COC(=O)O. The number of carboxylic acid groups (broad SMARTS) is 1. The molecule has 0 heterocycles. The number of aliphatic hydroxyl groups is 1. The van der Waals surface area contributed by atoms with E-state index < -0.39 is 12.1 Å². The molecule has 0 aromatic heterocycles. The molecule has 6 heteroatoms. The van der Waals surface area contributed by atoms with Crippen molar-refractivity contribution in [3.8, 4) is 0 Å². The Labute approximate surface area is 87.4 Å². The standard InChI is InChI=1S/C6H10O3.C3H4O3/c1-5(2)6(8)9-4-3-7;1-2-6-3(4)5/h7H,1,3-4H2,2H3;2H,1H2,(H,4,5). The van der Waals surface area contributed by atoms with E-state index in [9.17, 15) is 9.59 Å². The van der Waals surface area contributed by atoms with Gasteiger partial charge in [0.2, 0.25) is 0 Å². The summed E-state index contributed by atoms with van der Waals surface area (Å²) in [6.45, 7) is 7.81. The number of carbonyl (C=O) groups is 2. The van der Waals surface area contributed by atoms with Gasteiger partial charge in [0.05, 0.1) is 12.9 Å². The van der Waals surface area contributed by atoms with Gasteiger partial charge in [-0.2, -0.15) is 0 Å². The highest BCUT2D eigenvalue weighted by Gasteiger charge is 1.99. The van der Waals surface area contributed by atoms with Crippen molar-refractivity contribution in [2.24, 2.45) is 0 Å². The average Bonchev–Trinajstić information content (AvgIpc) is 2.14. The predicted molar refractivity (Wildman–Crippen MR) is 52.2 cm³/mol. The second-order valence-corrected chi connectivity index (χ2v) is 2.19. The number of ether oxygens (including phenoxy) is 2. The first-order valence-corrected chi connectivity index (χ1v) is 3.89. The third-order valence-corrected chi connectivity index (χ3v) is 0.857. The van der Waals surface area contributed by atoms with Gasteiger partial charge >= 0.3 is 12.1 Å². The Hall–Kier alpha value is -1.82. The lowest BCUT2D eigenvalue weighted by atomic mass is 10.4. The van der Waals surface area contributed by atoms with Gasteiger partial charge in [-0.25, -0.2) is 9.59 Å². The molecule has 86 valence electrons. The van der Waals surface area contributed by atoms with E-state index in [0.29, 0.717) is 5.57 Å². The number of hydrogen-bond acceptors (Lipinski definition) is 5. The van der Waals surface area contributed by atoms with Crippen LogP contribution >= 0.6 is 0 Å². The molecule has 0 saturated carbocycles. The lowest BCUT2D eigenvalue weighted by molar-refractivity contribution is -0.139. The highest BCUT2D eigenvalue weighted by atomic mass is 16.7. The van der Waals surface area contributed by atoms with E-state index in [1.165, 1.54) is 0 Å². The van der Waals surface area contributed by atoms with Crippen molar-refractivity contribution in [1.82, 2.24) is 0 Å². The molecule has 2 N–H and O–H groups in total. The summed E-state index contributed by atoms with van der Waals surface area (Å²) in [6, 6.07) is 0. The first kappa shape index (κ1) is 15.6. The summed E-state index contributed by atoms with van der Waals surface area (Å²) >= 11 is 0. The molecule has 0 unspecified atom stereocenters. The van der Waals surface area contributed by atoms with E-state index in [4.69, 9.17) is 10.2 Å². The summed E-state index contributed by atoms with van der Waals surface area (Å²) in [5.74, 6) is -0.455. The van der Waals surface area contributed by atoms with Gasteiger partial charge in [0.15, 0.2) is 0 Å². The Kier molecular flexibility index (Phi) is 10.7. The van der Waals surface area contributed by atoms with Crippen LogP contribution in [0.25, 0.3) is 0 Å². The number of hydrogen-bond donors (Lipinski definition) is 2. The zero-order chi connectivity index (χ0) is 12.3. The second-order valence-electron chi connectivity index (χ2n) is 2.19. The van der Waals surface area contributed by atoms with E-state index in [1.807, 2.05) is 0 Å². The van der Waals surface area contributed by atoms with Gasteiger partial charge in [0.1, 0.15) is 6.61 Å². The summed E-state index contributed by atoms with van der Waals surface area (Å²) in [5.41, 5.74) is 0.350. The van der Waals surface area contributed by atoms with Gasteiger partial charge in [0, 0.05) is 5.57 Å². The zero-order valence-corrected chi connectivity index (χ0v) is 8.43. The highest BCUT2D eigenvalue weighted by molar-refractivity contribution is 5.86. The fraction of sp³-hybridized carbons (Fsp3) is 0.333. The fourth-order valence-electron chi connectivity index (χ4n) is 0.333. The van der Waals surface area contributed by atoms with Crippen LogP contribution in [0.2, 0.25) is 0 Å². The van der Waals surface area contributed by atoms with Crippen molar-refractivity contribution in [1.29, 1.82) is 0 Å². The first-order valence-electron chi connectivity index (χ1n) is 3.89. The van der Waals surface area contributed by atoms with Crippen LogP contribution < -0.4 is 0 Å². The van der Waals surface area contributed by atoms with Crippen LogP contribution in [0, 0.1) is 0 Å². The monoisotopic (exact) mass is 218 g/mol. The van der Waals surface area contributed by atoms with Crippen molar-refractivity contribution in [2.75, 3.05) is 13.2 Å². The van der Waals surface area contributed by atoms with E-state index in [0.717, 1.165) is 6.26 Å². The Morgan fingerprint density at radius 2 is 2.00 bits per heavy atom. The van der Waals surface area contributed by atoms with Crippen molar-refractivity contribution in [3.63, 3.8) is 0 Å². The molecule has 0 spiro atoms. The lowest BCUT2D eigenvalue weighted by Gasteiger charge is -1.99. The van der Waals surface area contributed by atoms with Gasteiger partial charge in [0.25, 0.3) is 0 Å². The molecule has 0 atom stereocenters. The smallest absolute Gasteiger partial charge is 0.460 e. The minimum absolute atomic E-state index is 0.0473. The van der Waals surface area contributed by atoms with Gasteiger partial charge in [-0.1, -0.05) is 13.2 Å². The van der Waals surface area contributed by atoms with Gasteiger partial charge in [-0.3, -0.25) is 0 Å².